The second kappa shape index (κ2) is 9.25. The van der Waals surface area contributed by atoms with Crippen LogP contribution in [0.4, 0.5) is 5.82 Å². The molecule has 0 fully saturated rings. The monoisotopic (exact) mass is 401 g/mol. The fraction of sp³-hybridized carbons (Fsp3) is 0.158. The standard InChI is InChI=1S/C19H16ClN3O3S/c20-17-5-4-16(27-17)14(24)3-6-18(25)23-19-15(2-1-9-22-19)26-12-13-7-10-21-11-8-13/h1-2,4-5,7-11H,3,6,12H2,(H,22,23,25). The van der Waals surface area contributed by atoms with Crippen molar-refractivity contribution in [2.75, 3.05) is 5.32 Å². The summed E-state index contributed by atoms with van der Waals surface area (Å²) in [5.74, 6) is 0.359. The SMILES string of the molecule is O=C(CCC(=O)c1ccc(Cl)s1)Nc1ncccc1OCc1ccncc1. The Hall–Kier alpha value is -2.77. The molecule has 0 atom stereocenters. The van der Waals surface area contributed by atoms with Gasteiger partial charge in [0.1, 0.15) is 6.61 Å². The molecule has 6 nitrogen and oxygen atoms in total. The molecule has 27 heavy (non-hydrogen) atoms. The lowest BCUT2D eigenvalue weighted by Gasteiger charge is -2.11. The maximum Gasteiger partial charge on any atom is 0.226 e. The predicted octanol–water partition coefficient (Wildman–Crippen LogP) is 4.37. The Balaban J connectivity index is 1.55. The van der Waals surface area contributed by atoms with Crippen molar-refractivity contribution in [1.82, 2.24) is 9.97 Å². The van der Waals surface area contributed by atoms with E-state index in [0.717, 1.165) is 5.56 Å². The molecule has 138 valence electrons. The number of nitrogens with one attached hydrogen (secondary N) is 1. The van der Waals surface area contributed by atoms with E-state index in [4.69, 9.17) is 16.3 Å². The van der Waals surface area contributed by atoms with Crippen molar-refractivity contribution in [3.63, 3.8) is 0 Å². The number of aromatic nitrogens is 2. The number of carbonyl (C=O) groups excluding carboxylic acids is 2. The Kier molecular flexibility index (Phi) is 6.51. The van der Waals surface area contributed by atoms with E-state index in [-0.39, 0.29) is 24.5 Å². The molecule has 0 aromatic carbocycles. The highest BCUT2D eigenvalue weighted by Gasteiger charge is 2.14. The van der Waals surface area contributed by atoms with Gasteiger partial charge in [0.05, 0.1) is 9.21 Å². The molecule has 3 aromatic rings. The first kappa shape index (κ1) is 19.0. The van der Waals surface area contributed by atoms with E-state index in [1.54, 1.807) is 42.9 Å². The van der Waals surface area contributed by atoms with Gasteiger partial charge in [-0.05, 0) is 42.0 Å². The first-order valence-corrected chi connectivity index (χ1v) is 9.36. The van der Waals surface area contributed by atoms with Crippen LogP contribution in [0, 0.1) is 0 Å². The zero-order valence-corrected chi connectivity index (χ0v) is 15.8. The Morgan fingerprint density at radius 2 is 1.89 bits per heavy atom. The summed E-state index contributed by atoms with van der Waals surface area (Å²) in [6.07, 6.45) is 5.08. The van der Waals surface area contributed by atoms with Gasteiger partial charge in [0.2, 0.25) is 5.91 Å². The second-order valence-corrected chi connectivity index (χ2v) is 7.28. The molecule has 3 rings (SSSR count). The average molecular weight is 402 g/mol. The molecule has 0 unspecified atom stereocenters. The summed E-state index contributed by atoms with van der Waals surface area (Å²) in [6.45, 7) is 0.328. The van der Waals surface area contributed by atoms with Gasteiger partial charge in [-0.15, -0.1) is 11.3 Å². The number of ether oxygens (including phenoxy) is 1. The van der Waals surface area contributed by atoms with Crippen LogP contribution in [0.5, 0.6) is 5.75 Å². The van der Waals surface area contributed by atoms with Crippen molar-refractivity contribution in [2.24, 2.45) is 0 Å². The lowest BCUT2D eigenvalue weighted by atomic mass is 10.2. The van der Waals surface area contributed by atoms with Gasteiger partial charge in [0, 0.05) is 31.4 Å². The number of nitrogens with zero attached hydrogens (tertiary/aromatic N) is 2. The number of halogens is 1. The predicted molar refractivity (Wildman–Crippen MR) is 104 cm³/mol. The van der Waals surface area contributed by atoms with Crippen molar-refractivity contribution < 1.29 is 14.3 Å². The zero-order valence-electron chi connectivity index (χ0n) is 14.2. The quantitative estimate of drug-likeness (QED) is 0.567. The van der Waals surface area contributed by atoms with Gasteiger partial charge in [0.25, 0.3) is 0 Å². The first-order chi connectivity index (χ1) is 13.1. The number of amides is 1. The molecule has 1 amide bonds. The molecule has 0 saturated heterocycles. The van der Waals surface area contributed by atoms with Crippen LogP contribution in [0.1, 0.15) is 28.1 Å². The molecule has 0 aliphatic rings. The molecule has 3 aromatic heterocycles. The number of ketones is 1. The lowest BCUT2D eigenvalue weighted by Crippen LogP contribution is -2.15. The van der Waals surface area contributed by atoms with Gasteiger partial charge < -0.3 is 10.1 Å². The lowest BCUT2D eigenvalue weighted by molar-refractivity contribution is -0.116. The van der Waals surface area contributed by atoms with Crippen LogP contribution in [-0.4, -0.2) is 21.7 Å². The summed E-state index contributed by atoms with van der Waals surface area (Å²) in [7, 11) is 0. The number of hydrogen-bond acceptors (Lipinski definition) is 6. The molecular formula is C19H16ClN3O3S. The van der Waals surface area contributed by atoms with Crippen molar-refractivity contribution in [3.05, 3.63) is 69.8 Å². The van der Waals surface area contributed by atoms with Crippen LogP contribution in [0.2, 0.25) is 4.34 Å². The highest BCUT2D eigenvalue weighted by atomic mass is 35.5. The van der Waals surface area contributed by atoms with Crippen molar-refractivity contribution in [1.29, 1.82) is 0 Å². The van der Waals surface area contributed by atoms with Crippen molar-refractivity contribution in [2.45, 2.75) is 19.4 Å². The minimum Gasteiger partial charge on any atom is -0.485 e. The number of rotatable bonds is 8. The van der Waals surface area contributed by atoms with Crippen LogP contribution in [0.3, 0.4) is 0 Å². The van der Waals surface area contributed by atoms with Crippen molar-refractivity contribution >= 4 is 40.4 Å². The molecule has 0 saturated carbocycles. The highest BCUT2D eigenvalue weighted by molar-refractivity contribution is 7.18. The second-order valence-electron chi connectivity index (χ2n) is 5.57. The number of hydrogen-bond donors (Lipinski definition) is 1. The van der Waals surface area contributed by atoms with Crippen LogP contribution >= 0.6 is 22.9 Å². The Labute approximate surface area is 165 Å². The summed E-state index contributed by atoms with van der Waals surface area (Å²) in [5, 5.41) is 2.70. The highest BCUT2D eigenvalue weighted by Crippen LogP contribution is 2.24. The summed E-state index contributed by atoms with van der Waals surface area (Å²) in [5.41, 5.74) is 0.950. The minimum absolute atomic E-state index is 0.0503. The molecule has 1 N–H and O–H groups in total. The molecule has 0 bridgehead atoms. The molecular weight excluding hydrogens is 386 g/mol. The maximum absolute atomic E-state index is 12.2. The first-order valence-electron chi connectivity index (χ1n) is 8.17. The molecule has 8 heteroatoms. The molecule has 0 aliphatic carbocycles. The van der Waals surface area contributed by atoms with Gasteiger partial charge in [-0.25, -0.2) is 4.98 Å². The number of thiophene rings is 1. The topological polar surface area (TPSA) is 81.2 Å². The van der Waals surface area contributed by atoms with E-state index in [0.29, 0.717) is 27.4 Å². The number of anilines is 1. The third-order valence-electron chi connectivity index (χ3n) is 3.60. The van der Waals surface area contributed by atoms with E-state index >= 15 is 0 Å². The van der Waals surface area contributed by atoms with Crippen LogP contribution in [0.25, 0.3) is 0 Å². The zero-order chi connectivity index (χ0) is 19.1. The number of Topliss-reactive ketones (excluding diaryl/α,β-unsaturated/α-hetero) is 1. The van der Waals surface area contributed by atoms with Gasteiger partial charge in [-0.2, -0.15) is 0 Å². The molecule has 3 heterocycles. The van der Waals surface area contributed by atoms with E-state index < -0.39 is 0 Å². The van der Waals surface area contributed by atoms with Gasteiger partial charge >= 0.3 is 0 Å². The Bertz CT molecular complexity index is 931. The third kappa shape index (κ3) is 5.60. The largest absolute Gasteiger partial charge is 0.485 e. The summed E-state index contributed by atoms with van der Waals surface area (Å²) in [4.78, 5) is 32.9. The smallest absolute Gasteiger partial charge is 0.226 e. The molecule has 0 aliphatic heterocycles. The number of pyridine rings is 2. The molecule has 0 radical (unpaired) electrons. The van der Waals surface area contributed by atoms with Crippen LogP contribution < -0.4 is 10.1 Å². The van der Waals surface area contributed by atoms with E-state index in [1.807, 2.05) is 12.1 Å². The fourth-order valence-electron chi connectivity index (χ4n) is 2.25. The summed E-state index contributed by atoms with van der Waals surface area (Å²) < 4.78 is 6.29. The summed E-state index contributed by atoms with van der Waals surface area (Å²) >= 11 is 7.03. The van der Waals surface area contributed by atoms with E-state index in [1.165, 1.54) is 11.3 Å². The summed E-state index contributed by atoms with van der Waals surface area (Å²) in [6, 6.07) is 10.5. The average Bonchev–Trinajstić information content (AvgIpc) is 3.13. The van der Waals surface area contributed by atoms with Gasteiger partial charge in [-0.3, -0.25) is 14.6 Å². The van der Waals surface area contributed by atoms with Crippen molar-refractivity contribution in [3.8, 4) is 5.75 Å². The Morgan fingerprint density at radius 1 is 1.07 bits per heavy atom. The van der Waals surface area contributed by atoms with E-state index in [2.05, 4.69) is 15.3 Å². The van der Waals surface area contributed by atoms with Gasteiger partial charge in [-0.1, -0.05) is 11.6 Å². The normalized spacial score (nSPS) is 10.4. The Morgan fingerprint density at radius 3 is 2.63 bits per heavy atom. The minimum atomic E-state index is -0.307. The molecule has 0 spiro atoms. The fourth-order valence-corrected chi connectivity index (χ4v) is 3.26. The van der Waals surface area contributed by atoms with Gasteiger partial charge in [0.15, 0.2) is 17.4 Å². The number of carbonyl (C=O) groups is 2. The van der Waals surface area contributed by atoms with Crippen LogP contribution in [0.15, 0.2) is 55.0 Å². The third-order valence-corrected chi connectivity index (χ3v) is 4.87. The van der Waals surface area contributed by atoms with E-state index in [9.17, 15) is 9.59 Å². The van der Waals surface area contributed by atoms with Crippen LogP contribution in [-0.2, 0) is 11.4 Å². The maximum atomic E-state index is 12.2.